The van der Waals surface area contributed by atoms with Crippen LogP contribution >= 0.6 is 11.3 Å². The number of hydrogen-bond donors (Lipinski definition) is 1. The molecule has 1 aromatic heterocycles. The Balaban J connectivity index is 1.64. The van der Waals surface area contributed by atoms with Gasteiger partial charge in [0.2, 0.25) is 0 Å². The van der Waals surface area contributed by atoms with Crippen molar-refractivity contribution in [1.82, 2.24) is 5.32 Å². The van der Waals surface area contributed by atoms with Crippen LogP contribution in [0.15, 0.2) is 30.3 Å². The fourth-order valence-corrected chi connectivity index (χ4v) is 3.77. The third kappa shape index (κ3) is 3.09. The molecular weight excluding hydrogens is 296 g/mol. The molecule has 0 unspecified atom stereocenters. The quantitative estimate of drug-likeness (QED) is 0.942. The molecule has 1 aliphatic rings. The zero-order valence-electron chi connectivity index (χ0n) is 12.9. The van der Waals surface area contributed by atoms with E-state index in [2.05, 4.69) is 17.3 Å². The SMILES string of the molecule is COc1ccc(CNC(=O)c2cc3c(s2)N(C)CCC3)cc1. The van der Waals surface area contributed by atoms with E-state index in [0.29, 0.717) is 6.54 Å². The predicted molar refractivity (Wildman–Crippen MR) is 90.1 cm³/mol. The molecule has 2 aromatic rings. The monoisotopic (exact) mass is 316 g/mol. The minimum atomic E-state index is 0.00335. The summed E-state index contributed by atoms with van der Waals surface area (Å²) >= 11 is 1.59. The van der Waals surface area contributed by atoms with Crippen LogP contribution in [0.4, 0.5) is 5.00 Å². The van der Waals surface area contributed by atoms with Gasteiger partial charge in [0.25, 0.3) is 5.91 Å². The highest BCUT2D eigenvalue weighted by molar-refractivity contribution is 7.18. The van der Waals surface area contributed by atoms with Crippen LogP contribution in [0, 0.1) is 0 Å². The predicted octanol–water partition coefficient (Wildman–Crippen LogP) is 3.07. The molecule has 1 amide bonds. The summed E-state index contributed by atoms with van der Waals surface area (Å²) in [4.78, 5) is 15.4. The van der Waals surface area contributed by atoms with Gasteiger partial charge in [-0.3, -0.25) is 4.79 Å². The van der Waals surface area contributed by atoms with Gasteiger partial charge in [0.1, 0.15) is 5.75 Å². The van der Waals surface area contributed by atoms with Gasteiger partial charge in [0, 0.05) is 20.1 Å². The normalized spacial score (nSPS) is 13.6. The minimum absolute atomic E-state index is 0.00335. The Hall–Kier alpha value is -2.01. The van der Waals surface area contributed by atoms with Crippen LogP contribution in [-0.2, 0) is 13.0 Å². The van der Waals surface area contributed by atoms with Gasteiger partial charge in [-0.1, -0.05) is 12.1 Å². The van der Waals surface area contributed by atoms with Crippen LogP contribution in [0.2, 0.25) is 0 Å². The van der Waals surface area contributed by atoms with Crippen molar-refractivity contribution in [2.24, 2.45) is 0 Å². The van der Waals surface area contributed by atoms with Crippen LogP contribution in [-0.4, -0.2) is 26.6 Å². The van der Waals surface area contributed by atoms with E-state index in [9.17, 15) is 4.79 Å². The summed E-state index contributed by atoms with van der Waals surface area (Å²) in [5.74, 6) is 0.827. The molecular formula is C17H20N2O2S. The molecule has 2 heterocycles. The zero-order valence-corrected chi connectivity index (χ0v) is 13.7. The average molecular weight is 316 g/mol. The summed E-state index contributed by atoms with van der Waals surface area (Å²) in [7, 11) is 3.74. The van der Waals surface area contributed by atoms with Crippen molar-refractivity contribution in [1.29, 1.82) is 0 Å². The van der Waals surface area contributed by atoms with Crippen molar-refractivity contribution in [3.8, 4) is 5.75 Å². The summed E-state index contributed by atoms with van der Waals surface area (Å²) in [6.45, 7) is 1.60. The molecule has 0 saturated heterocycles. The number of nitrogens with one attached hydrogen (secondary N) is 1. The Bertz CT molecular complexity index is 664. The molecule has 22 heavy (non-hydrogen) atoms. The Morgan fingerprint density at radius 1 is 1.36 bits per heavy atom. The number of methoxy groups -OCH3 is 1. The number of anilines is 1. The molecule has 0 bridgehead atoms. The molecule has 0 aliphatic carbocycles. The third-order valence-electron chi connectivity index (χ3n) is 3.91. The molecule has 3 rings (SSSR count). The number of rotatable bonds is 4. The third-order valence-corrected chi connectivity index (χ3v) is 5.20. The van der Waals surface area contributed by atoms with Crippen LogP contribution < -0.4 is 15.0 Å². The summed E-state index contributed by atoms with van der Waals surface area (Å²) in [5.41, 5.74) is 2.36. The highest BCUT2D eigenvalue weighted by atomic mass is 32.1. The maximum Gasteiger partial charge on any atom is 0.261 e. The first kappa shape index (κ1) is 14.9. The maximum absolute atomic E-state index is 12.3. The first-order valence-corrected chi connectivity index (χ1v) is 8.24. The van der Waals surface area contributed by atoms with Gasteiger partial charge in [0.05, 0.1) is 17.0 Å². The zero-order chi connectivity index (χ0) is 15.5. The van der Waals surface area contributed by atoms with E-state index >= 15 is 0 Å². The van der Waals surface area contributed by atoms with E-state index in [-0.39, 0.29) is 5.91 Å². The van der Waals surface area contributed by atoms with Gasteiger partial charge < -0.3 is 15.0 Å². The number of thiophene rings is 1. The van der Waals surface area contributed by atoms with E-state index < -0.39 is 0 Å². The highest BCUT2D eigenvalue weighted by Crippen LogP contribution is 2.34. The summed E-state index contributed by atoms with van der Waals surface area (Å²) < 4.78 is 5.13. The molecule has 0 atom stereocenters. The molecule has 4 nitrogen and oxygen atoms in total. The Kier molecular flexibility index (Phi) is 4.34. The average Bonchev–Trinajstić information content (AvgIpc) is 2.99. The molecule has 0 fully saturated rings. The van der Waals surface area contributed by atoms with Gasteiger partial charge in [-0.05, 0) is 42.2 Å². The van der Waals surface area contributed by atoms with Gasteiger partial charge in [-0.15, -0.1) is 11.3 Å². The van der Waals surface area contributed by atoms with Gasteiger partial charge >= 0.3 is 0 Å². The largest absolute Gasteiger partial charge is 0.497 e. The Labute approximate surface area is 134 Å². The van der Waals surface area contributed by atoms with Crippen molar-refractivity contribution in [3.63, 3.8) is 0 Å². The Morgan fingerprint density at radius 2 is 2.14 bits per heavy atom. The van der Waals surface area contributed by atoms with Crippen molar-refractivity contribution < 1.29 is 9.53 Å². The number of ether oxygens (including phenoxy) is 1. The van der Waals surface area contributed by atoms with Crippen molar-refractivity contribution in [3.05, 3.63) is 46.3 Å². The number of aryl methyl sites for hydroxylation is 1. The molecule has 116 valence electrons. The van der Waals surface area contributed by atoms with Gasteiger partial charge in [0.15, 0.2) is 0 Å². The van der Waals surface area contributed by atoms with Crippen molar-refractivity contribution in [2.45, 2.75) is 19.4 Å². The van der Waals surface area contributed by atoms with E-state index in [4.69, 9.17) is 4.74 Å². The Morgan fingerprint density at radius 3 is 2.82 bits per heavy atom. The summed E-state index contributed by atoms with van der Waals surface area (Å²) in [6, 6.07) is 9.78. The van der Waals surface area contributed by atoms with Crippen LogP contribution in [0.25, 0.3) is 0 Å². The van der Waals surface area contributed by atoms with Crippen molar-refractivity contribution in [2.75, 3.05) is 25.6 Å². The standard InChI is InChI=1S/C17H20N2O2S/c1-19-9-3-4-13-10-15(22-17(13)19)16(20)18-11-12-5-7-14(21-2)8-6-12/h5-8,10H,3-4,9,11H2,1-2H3,(H,18,20). The van der Waals surface area contributed by atoms with Crippen LogP contribution in [0.3, 0.4) is 0 Å². The number of benzene rings is 1. The maximum atomic E-state index is 12.3. The number of carbonyl (C=O) groups is 1. The lowest BCUT2D eigenvalue weighted by atomic mass is 10.1. The van der Waals surface area contributed by atoms with E-state index in [1.165, 1.54) is 10.6 Å². The second-order valence-corrected chi connectivity index (χ2v) is 6.53. The lowest BCUT2D eigenvalue weighted by Crippen LogP contribution is -2.22. The van der Waals surface area contributed by atoms with E-state index in [1.807, 2.05) is 30.3 Å². The van der Waals surface area contributed by atoms with E-state index in [0.717, 1.165) is 35.6 Å². The molecule has 1 aromatic carbocycles. The molecule has 5 heteroatoms. The van der Waals surface area contributed by atoms with Crippen LogP contribution in [0.1, 0.15) is 27.2 Å². The number of nitrogens with zero attached hydrogens (tertiary/aromatic N) is 1. The number of hydrogen-bond acceptors (Lipinski definition) is 4. The second kappa shape index (κ2) is 6.40. The second-order valence-electron chi connectivity index (χ2n) is 5.50. The number of amides is 1. The fourth-order valence-electron chi connectivity index (χ4n) is 2.65. The number of fused-ring (bicyclic) bond motifs is 1. The number of carbonyl (C=O) groups excluding carboxylic acids is 1. The molecule has 0 spiro atoms. The lowest BCUT2D eigenvalue weighted by molar-refractivity contribution is 0.0955. The summed E-state index contributed by atoms with van der Waals surface area (Å²) in [5, 5.41) is 4.23. The highest BCUT2D eigenvalue weighted by Gasteiger charge is 2.20. The molecule has 1 N–H and O–H groups in total. The molecule has 1 aliphatic heterocycles. The van der Waals surface area contributed by atoms with E-state index in [1.54, 1.807) is 18.4 Å². The van der Waals surface area contributed by atoms with Gasteiger partial charge in [-0.25, -0.2) is 0 Å². The van der Waals surface area contributed by atoms with Gasteiger partial charge in [-0.2, -0.15) is 0 Å². The smallest absolute Gasteiger partial charge is 0.261 e. The minimum Gasteiger partial charge on any atom is -0.497 e. The summed E-state index contributed by atoms with van der Waals surface area (Å²) in [6.07, 6.45) is 2.23. The molecule has 0 saturated carbocycles. The fraction of sp³-hybridized carbons (Fsp3) is 0.353. The molecule has 0 radical (unpaired) electrons. The van der Waals surface area contributed by atoms with Crippen molar-refractivity contribution >= 4 is 22.2 Å². The lowest BCUT2D eigenvalue weighted by Gasteiger charge is -2.23. The topological polar surface area (TPSA) is 41.6 Å². The van der Waals surface area contributed by atoms with Crippen LogP contribution in [0.5, 0.6) is 5.75 Å². The first-order chi connectivity index (χ1) is 10.7. The first-order valence-electron chi connectivity index (χ1n) is 7.42.